The van der Waals surface area contributed by atoms with Crippen LogP contribution in [0.2, 0.25) is 5.02 Å². The number of amides is 1. The molecule has 6 nitrogen and oxygen atoms in total. The molecule has 0 aliphatic heterocycles. The quantitative estimate of drug-likeness (QED) is 0.235. The van der Waals surface area contributed by atoms with Crippen LogP contribution in [0.15, 0.2) is 42.5 Å². The molecule has 0 spiro atoms. The van der Waals surface area contributed by atoms with Crippen LogP contribution < -0.4 is 5.32 Å². The minimum atomic E-state index is -0.880. The first kappa shape index (κ1) is 30.6. The average Bonchev–Trinajstić information content (AvgIpc) is 2.80. The maximum absolute atomic E-state index is 14.3. The van der Waals surface area contributed by atoms with Crippen molar-refractivity contribution in [2.75, 3.05) is 19.8 Å². The van der Waals surface area contributed by atoms with Crippen molar-refractivity contribution in [1.29, 1.82) is 0 Å². The molecule has 0 fully saturated rings. The first-order chi connectivity index (χ1) is 17.4. The molecule has 0 bridgehead atoms. The topological polar surface area (TPSA) is 73.9 Å². The molecule has 204 valence electrons. The van der Waals surface area contributed by atoms with Gasteiger partial charge in [0.25, 0.3) is 0 Å². The summed E-state index contributed by atoms with van der Waals surface area (Å²) in [6, 6.07) is 11.4. The molecule has 0 aliphatic rings. The standard InChI is InChI=1S/C29H39ClFNO5/c1-7-35-16-15-29(6,26(33)36-8-2)19-23(32-27(34)37-28(3,4)5)17-20-9-11-21(12-10-20)24-18-22(30)13-14-25(24)31/h9-14,18,23H,7-8,15-17,19H2,1-6H3,(H,32,34)/t23-,29-/m1/s1. The second-order valence-electron chi connectivity index (χ2n) is 10.3. The van der Waals surface area contributed by atoms with Crippen LogP contribution in [-0.4, -0.2) is 43.5 Å². The fourth-order valence-electron chi connectivity index (χ4n) is 4.05. The minimum absolute atomic E-state index is 0.259. The van der Waals surface area contributed by atoms with Crippen molar-refractivity contribution < 1.29 is 28.2 Å². The van der Waals surface area contributed by atoms with Crippen LogP contribution in [0.3, 0.4) is 0 Å². The first-order valence-corrected chi connectivity index (χ1v) is 13.0. The Labute approximate surface area is 224 Å². The molecular formula is C29H39ClFNO5. The lowest BCUT2D eigenvalue weighted by molar-refractivity contribution is -0.156. The number of halogens is 2. The maximum atomic E-state index is 14.3. The van der Waals surface area contributed by atoms with Gasteiger partial charge in [-0.05, 0) is 90.1 Å². The smallest absolute Gasteiger partial charge is 0.407 e. The SMILES string of the molecule is CCOCC[C@](C)(C[C@@H](Cc1ccc(-c2cc(Cl)ccc2F)cc1)NC(=O)OC(C)(C)C)C(=O)OCC. The van der Waals surface area contributed by atoms with Crippen molar-refractivity contribution in [3.63, 3.8) is 0 Å². The number of carbonyl (C=O) groups excluding carboxylic acids is 2. The number of carbonyl (C=O) groups is 2. The minimum Gasteiger partial charge on any atom is -0.466 e. The van der Waals surface area contributed by atoms with E-state index >= 15 is 0 Å². The molecule has 2 rings (SSSR count). The van der Waals surface area contributed by atoms with Crippen LogP contribution >= 0.6 is 11.6 Å². The predicted octanol–water partition coefficient (Wildman–Crippen LogP) is 6.97. The van der Waals surface area contributed by atoms with Crippen molar-refractivity contribution in [2.24, 2.45) is 5.41 Å². The van der Waals surface area contributed by atoms with E-state index < -0.39 is 23.2 Å². The largest absolute Gasteiger partial charge is 0.466 e. The number of alkyl carbamates (subject to hydrolysis) is 1. The van der Waals surface area contributed by atoms with Crippen molar-refractivity contribution in [3.05, 3.63) is 58.9 Å². The van der Waals surface area contributed by atoms with Crippen molar-refractivity contribution in [3.8, 4) is 11.1 Å². The molecular weight excluding hydrogens is 497 g/mol. The second-order valence-corrected chi connectivity index (χ2v) is 10.7. The number of benzene rings is 2. The van der Waals surface area contributed by atoms with E-state index in [9.17, 15) is 14.0 Å². The molecule has 2 aromatic carbocycles. The lowest BCUT2D eigenvalue weighted by atomic mass is 9.79. The molecule has 0 saturated heterocycles. The predicted molar refractivity (Wildman–Crippen MR) is 144 cm³/mol. The van der Waals surface area contributed by atoms with E-state index in [1.165, 1.54) is 12.1 Å². The third kappa shape index (κ3) is 9.97. The summed E-state index contributed by atoms with van der Waals surface area (Å²) in [6.45, 7) is 12.1. The van der Waals surface area contributed by atoms with Gasteiger partial charge in [0, 0.05) is 29.8 Å². The van der Waals surface area contributed by atoms with E-state index in [0.717, 1.165) is 5.56 Å². The summed E-state index contributed by atoms with van der Waals surface area (Å²) in [5.74, 6) is -0.696. The lowest BCUT2D eigenvalue weighted by Crippen LogP contribution is -2.45. The summed E-state index contributed by atoms with van der Waals surface area (Å²) in [5, 5.41) is 3.39. The van der Waals surface area contributed by atoms with Crippen LogP contribution in [0.5, 0.6) is 0 Å². The zero-order chi connectivity index (χ0) is 27.6. The van der Waals surface area contributed by atoms with E-state index in [-0.39, 0.29) is 18.4 Å². The number of ether oxygens (including phenoxy) is 3. The molecule has 2 aromatic rings. The van der Waals surface area contributed by atoms with Gasteiger partial charge in [0.2, 0.25) is 0 Å². The van der Waals surface area contributed by atoms with Crippen LogP contribution in [0.25, 0.3) is 11.1 Å². The normalized spacial score (nSPS) is 13.9. The highest BCUT2D eigenvalue weighted by Crippen LogP contribution is 2.32. The van der Waals surface area contributed by atoms with Crippen molar-refractivity contribution >= 4 is 23.7 Å². The Bertz CT molecular complexity index is 1040. The van der Waals surface area contributed by atoms with E-state index in [4.69, 9.17) is 25.8 Å². The van der Waals surface area contributed by atoms with Gasteiger partial charge in [0.05, 0.1) is 12.0 Å². The molecule has 1 amide bonds. The van der Waals surface area contributed by atoms with E-state index in [2.05, 4.69) is 5.32 Å². The molecule has 2 atom stereocenters. The van der Waals surface area contributed by atoms with Crippen LogP contribution in [0.1, 0.15) is 59.9 Å². The molecule has 37 heavy (non-hydrogen) atoms. The van der Waals surface area contributed by atoms with Crippen molar-refractivity contribution in [2.45, 2.75) is 72.4 Å². The zero-order valence-electron chi connectivity index (χ0n) is 22.7. The summed E-state index contributed by atoms with van der Waals surface area (Å²) < 4.78 is 30.7. The van der Waals surface area contributed by atoms with Gasteiger partial charge in [-0.15, -0.1) is 0 Å². The molecule has 0 aromatic heterocycles. The third-order valence-corrected chi connectivity index (χ3v) is 6.10. The van der Waals surface area contributed by atoms with E-state index in [0.29, 0.717) is 48.6 Å². The fourth-order valence-corrected chi connectivity index (χ4v) is 4.22. The van der Waals surface area contributed by atoms with Gasteiger partial charge >= 0.3 is 12.1 Å². The van der Waals surface area contributed by atoms with Crippen LogP contribution in [0.4, 0.5) is 9.18 Å². The summed E-state index contributed by atoms with van der Waals surface area (Å²) in [6.07, 6.45) is 0.634. The van der Waals surface area contributed by atoms with Gasteiger partial charge < -0.3 is 19.5 Å². The molecule has 0 unspecified atom stereocenters. The van der Waals surface area contributed by atoms with Gasteiger partial charge in [-0.2, -0.15) is 0 Å². The Balaban J connectivity index is 2.30. The monoisotopic (exact) mass is 535 g/mol. The Morgan fingerprint density at radius 1 is 1.03 bits per heavy atom. The number of esters is 1. The Kier molecular flexibility index (Phi) is 11.4. The van der Waals surface area contributed by atoms with Crippen LogP contribution in [-0.2, 0) is 25.4 Å². The molecule has 0 aliphatic carbocycles. The molecule has 0 radical (unpaired) electrons. The van der Waals surface area contributed by atoms with Gasteiger partial charge in [0.1, 0.15) is 11.4 Å². The number of hydrogen-bond acceptors (Lipinski definition) is 5. The van der Waals surface area contributed by atoms with Gasteiger partial charge in [-0.1, -0.05) is 35.9 Å². The lowest BCUT2D eigenvalue weighted by Gasteiger charge is -2.32. The summed E-state index contributed by atoms with van der Waals surface area (Å²) >= 11 is 6.05. The number of rotatable bonds is 12. The second kappa shape index (κ2) is 13.8. The van der Waals surface area contributed by atoms with Gasteiger partial charge in [-0.25, -0.2) is 9.18 Å². The molecule has 0 heterocycles. The highest BCUT2D eigenvalue weighted by Gasteiger charge is 2.38. The third-order valence-electron chi connectivity index (χ3n) is 5.86. The highest BCUT2D eigenvalue weighted by molar-refractivity contribution is 6.30. The van der Waals surface area contributed by atoms with Crippen molar-refractivity contribution in [1.82, 2.24) is 5.32 Å². The average molecular weight is 536 g/mol. The number of hydrogen-bond donors (Lipinski definition) is 1. The zero-order valence-corrected chi connectivity index (χ0v) is 23.4. The van der Waals surface area contributed by atoms with E-state index in [1.54, 1.807) is 33.8 Å². The van der Waals surface area contributed by atoms with Gasteiger partial charge in [0.15, 0.2) is 0 Å². The summed E-state index contributed by atoms with van der Waals surface area (Å²) in [4.78, 5) is 25.6. The summed E-state index contributed by atoms with van der Waals surface area (Å²) in [7, 11) is 0. The maximum Gasteiger partial charge on any atom is 0.407 e. The van der Waals surface area contributed by atoms with Crippen LogP contribution in [0, 0.1) is 11.2 Å². The highest BCUT2D eigenvalue weighted by atomic mass is 35.5. The molecule has 1 N–H and O–H groups in total. The number of nitrogens with one attached hydrogen (secondary N) is 1. The first-order valence-electron chi connectivity index (χ1n) is 12.7. The molecule has 0 saturated carbocycles. The van der Waals surface area contributed by atoms with Gasteiger partial charge in [-0.3, -0.25) is 4.79 Å². The fraction of sp³-hybridized carbons (Fsp3) is 0.517. The Hall–Kier alpha value is -2.64. The van der Waals surface area contributed by atoms with E-state index in [1.807, 2.05) is 38.1 Å². The Morgan fingerprint density at radius 2 is 1.70 bits per heavy atom. The Morgan fingerprint density at radius 3 is 2.30 bits per heavy atom. The molecule has 8 heteroatoms. The summed E-state index contributed by atoms with van der Waals surface area (Å²) in [5.41, 5.74) is 0.454.